The van der Waals surface area contributed by atoms with E-state index in [1.54, 1.807) is 24.3 Å². The number of aromatic nitrogens is 2. The standard InChI is InChI=1S/C13H16N4O5/c18-5-8-9(19)10(20)13(22-8)17-16-11-12(21)15-7-4-2-1-3-6(7)14-11/h1-4,8-10,13,17-20H,5H2,(H,14,16)(H,15,21)/t8-,9-,10-,13-/m1/s1. The van der Waals surface area contributed by atoms with Gasteiger partial charge in [0.05, 0.1) is 17.6 Å². The van der Waals surface area contributed by atoms with Crippen LogP contribution in [-0.4, -0.2) is 56.4 Å². The van der Waals surface area contributed by atoms with E-state index in [0.29, 0.717) is 11.0 Å². The molecule has 0 bridgehead atoms. The van der Waals surface area contributed by atoms with E-state index in [4.69, 9.17) is 9.84 Å². The molecule has 1 fully saturated rings. The molecule has 1 aliphatic rings. The molecule has 1 aliphatic heterocycles. The molecule has 1 aromatic carbocycles. The molecule has 2 aromatic rings. The van der Waals surface area contributed by atoms with Gasteiger partial charge in [-0.15, -0.1) is 0 Å². The van der Waals surface area contributed by atoms with Crippen LogP contribution in [0, 0.1) is 0 Å². The highest BCUT2D eigenvalue weighted by atomic mass is 16.6. The molecule has 0 radical (unpaired) electrons. The van der Waals surface area contributed by atoms with E-state index < -0.39 is 36.7 Å². The van der Waals surface area contributed by atoms with Gasteiger partial charge in [0.1, 0.15) is 18.3 Å². The molecule has 0 amide bonds. The van der Waals surface area contributed by atoms with Crippen LogP contribution in [0.25, 0.3) is 11.0 Å². The summed E-state index contributed by atoms with van der Waals surface area (Å²) in [6.07, 6.45) is -4.34. The van der Waals surface area contributed by atoms with Crippen molar-refractivity contribution < 1.29 is 20.1 Å². The molecule has 3 rings (SSSR count). The van der Waals surface area contributed by atoms with Gasteiger partial charge in [0.25, 0.3) is 5.56 Å². The number of hydrazine groups is 1. The van der Waals surface area contributed by atoms with E-state index in [-0.39, 0.29) is 5.82 Å². The molecule has 9 heteroatoms. The third-order valence-corrected chi connectivity index (χ3v) is 3.47. The number of para-hydroxylation sites is 2. The number of aromatic amines is 1. The Balaban J connectivity index is 1.74. The first-order valence-corrected chi connectivity index (χ1v) is 6.73. The van der Waals surface area contributed by atoms with Crippen molar-refractivity contribution in [3.63, 3.8) is 0 Å². The first kappa shape index (κ1) is 14.9. The molecule has 1 aromatic heterocycles. The minimum absolute atomic E-state index is 0.00330. The van der Waals surface area contributed by atoms with Crippen LogP contribution in [0.2, 0.25) is 0 Å². The average molecular weight is 308 g/mol. The number of rotatable bonds is 4. The second-order valence-corrected chi connectivity index (χ2v) is 4.96. The van der Waals surface area contributed by atoms with E-state index in [2.05, 4.69) is 20.8 Å². The summed E-state index contributed by atoms with van der Waals surface area (Å²) >= 11 is 0. The highest BCUT2D eigenvalue weighted by Crippen LogP contribution is 2.19. The Morgan fingerprint density at radius 2 is 2.05 bits per heavy atom. The quantitative estimate of drug-likeness (QED) is 0.367. The molecule has 0 unspecified atom stereocenters. The van der Waals surface area contributed by atoms with Gasteiger partial charge in [-0.05, 0) is 12.1 Å². The summed E-state index contributed by atoms with van der Waals surface area (Å²) in [5.74, 6) is -0.00330. The van der Waals surface area contributed by atoms with E-state index in [9.17, 15) is 15.0 Å². The number of hydrogen-bond acceptors (Lipinski definition) is 8. The van der Waals surface area contributed by atoms with E-state index >= 15 is 0 Å². The van der Waals surface area contributed by atoms with Gasteiger partial charge in [0, 0.05) is 0 Å². The molecule has 0 aliphatic carbocycles. The van der Waals surface area contributed by atoms with Crippen LogP contribution in [0.1, 0.15) is 0 Å². The predicted molar refractivity (Wildman–Crippen MR) is 76.9 cm³/mol. The van der Waals surface area contributed by atoms with Crippen molar-refractivity contribution in [2.24, 2.45) is 0 Å². The zero-order valence-electron chi connectivity index (χ0n) is 11.4. The van der Waals surface area contributed by atoms with Crippen LogP contribution < -0.4 is 16.4 Å². The maximum absolute atomic E-state index is 11.9. The normalized spacial score (nSPS) is 28.1. The van der Waals surface area contributed by atoms with Crippen LogP contribution in [0.15, 0.2) is 29.1 Å². The second kappa shape index (κ2) is 5.99. The van der Waals surface area contributed by atoms with Gasteiger partial charge in [-0.2, -0.15) is 0 Å². The number of hydrogen-bond donors (Lipinski definition) is 6. The number of benzene rings is 1. The lowest BCUT2D eigenvalue weighted by molar-refractivity contribution is -0.0303. The minimum atomic E-state index is -1.25. The summed E-state index contributed by atoms with van der Waals surface area (Å²) in [5.41, 5.74) is 5.88. The molecule has 0 spiro atoms. The van der Waals surface area contributed by atoms with Gasteiger partial charge in [-0.3, -0.25) is 10.2 Å². The summed E-state index contributed by atoms with van der Waals surface area (Å²) < 4.78 is 5.22. The zero-order chi connectivity index (χ0) is 15.7. The highest BCUT2D eigenvalue weighted by molar-refractivity contribution is 5.75. The number of H-pyrrole nitrogens is 1. The van der Waals surface area contributed by atoms with Gasteiger partial charge in [-0.1, -0.05) is 12.1 Å². The van der Waals surface area contributed by atoms with Crippen molar-refractivity contribution in [3.8, 4) is 0 Å². The third-order valence-electron chi connectivity index (χ3n) is 3.47. The van der Waals surface area contributed by atoms with Crippen LogP contribution in [0.3, 0.4) is 0 Å². The molecule has 0 saturated carbocycles. The maximum atomic E-state index is 11.9. The minimum Gasteiger partial charge on any atom is -0.394 e. The Labute approximate surface area is 124 Å². The molecule has 6 N–H and O–H groups in total. The Morgan fingerprint density at radius 3 is 2.77 bits per heavy atom. The zero-order valence-corrected chi connectivity index (χ0v) is 11.4. The summed E-state index contributed by atoms with van der Waals surface area (Å²) in [5, 5.41) is 28.4. The number of nitrogens with one attached hydrogen (secondary N) is 3. The molecular formula is C13H16N4O5. The van der Waals surface area contributed by atoms with Crippen molar-refractivity contribution >= 4 is 16.9 Å². The number of ether oxygens (including phenoxy) is 1. The van der Waals surface area contributed by atoms with Gasteiger partial charge >= 0.3 is 0 Å². The number of nitrogens with zero attached hydrogens (tertiary/aromatic N) is 1. The van der Waals surface area contributed by atoms with Crippen molar-refractivity contribution in [1.82, 2.24) is 15.4 Å². The average Bonchev–Trinajstić information content (AvgIpc) is 2.80. The van der Waals surface area contributed by atoms with E-state index in [1.807, 2.05) is 0 Å². The Hall–Kier alpha value is -2.04. The Kier molecular flexibility index (Phi) is 4.05. The number of fused-ring (bicyclic) bond motifs is 1. The fraction of sp³-hybridized carbons (Fsp3) is 0.385. The SMILES string of the molecule is O=c1[nH]c2ccccc2nc1NN[C@@H]1O[C@H](CO)[C@@H](O)[C@H]1O. The summed E-state index contributed by atoms with van der Waals surface area (Å²) in [6.45, 7) is -0.425. The smallest absolute Gasteiger partial charge is 0.292 e. The van der Waals surface area contributed by atoms with Crippen LogP contribution in [0.4, 0.5) is 5.82 Å². The monoisotopic (exact) mass is 308 g/mol. The summed E-state index contributed by atoms with van der Waals surface area (Å²) in [7, 11) is 0. The predicted octanol–water partition coefficient (Wildman–Crippen LogP) is -1.72. The van der Waals surface area contributed by atoms with Crippen molar-refractivity contribution in [1.29, 1.82) is 0 Å². The largest absolute Gasteiger partial charge is 0.394 e. The molecule has 22 heavy (non-hydrogen) atoms. The van der Waals surface area contributed by atoms with Crippen molar-refractivity contribution in [2.45, 2.75) is 24.5 Å². The van der Waals surface area contributed by atoms with E-state index in [1.165, 1.54) is 0 Å². The molecule has 9 nitrogen and oxygen atoms in total. The van der Waals surface area contributed by atoms with Gasteiger partial charge in [0.15, 0.2) is 6.23 Å². The van der Waals surface area contributed by atoms with Gasteiger partial charge in [-0.25, -0.2) is 10.4 Å². The summed E-state index contributed by atoms with van der Waals surface area (Å²) in [6, 6.07) is 7.04. The number of anilines is 1. The van der Waals surface area contributed by atoms with Gasteiger partial charge < -0.3 is 25.0 Å². The third kappa shape index (κ3) is 2.67. The summed E-state index contributed by atoms with van der Waals surface area (Å²) in [4.78, 5) is 18.7. The molecule has 118 valence electrons. The first-order valence-electron chi connectivity index (χ1n) is 6.73. The fourth-order valence-electron chi connectivity index (χ4n) is 2.27. The lowest BCUT2D eigenvalue weighted by atomic mass is 10.1. The first-order chi connectivity index (χ1) is 10.6. The molecular weight excluding hydrogens is 292 g/mol. The highest BCUT2D eigenvalue weighted by Gasteiger charge is 2.42. The Bertz CT molecular complexity index is 721. The Morgan fingerprint density at radius 1 is 1.27 bits per heavy atom. The molecule has 1 saturated heterocycles. The van der Waals surface area contributed by atoms with Crippen LogP contribution >= 0.6 is 0 Å². The van der Waals surface area contributed by atoms with E-state index in [0.717, 1.165) is 0 Å². The number of aliphatic hydroxyl groups is 3. The van der Waals surface area contributed by atoms with Crippen LogP contribution in [0.5, 0.6) is 0 Å². The van der Waals surface area contributed by atoms with Crippen LogP contribution in [-0.2, 0) is 4.74 Å². The second-order valence-electron chi connectivity index (χ2n) is 4.96. The molecule has 4 atom stereocenters. The van der Waals surface area contributed by atoms with Crippen molar-refractivity contribution in [2.75, 3.05) is 12.0 Å². The lowest BCUT2D eigenvalue weighted by Crippen LogP contribution is -2.44. The number of aliphatic hydroxyl groups excluding tert-OH is 3. The molecule has 2 heterocycles. The topological polar surface area (TPSA) is 140 Å². The maximum Gasteiger partial charge on any atom is 0.292 e. The lowest BCUT2D eigenvalue weighted by Gasteiger charge is -2.17. The van der Waals surface area contributed by atoms with Gasteiger partial charge in [0.2, 0.25) is 5.82 Å². The fourth-order valence-corrected chi connectivity index (χ4v) is 2.27. The van der Waals surface area contributed by atoms with Crippen molar-refractivity contribution in [3.05, 3.63) is 34.6 Å².